The van der Waals surface area contributed by atoms with Gasteiger partial charge in [-0.3, -0.25) is 4.98 Å². The van der Waals surface area contributed by atoms with Gasteiger partial charge in [-0.2, -0.15) is 4.39 Å². The van der Waals surface area contributed by atoms with E-state index in [0.717, 1.165) is 17.9 Å². The van der Waals surface area contributed by atoms with Crippen LogP contribution >= 0.6 is 0 Å². The molecule has 17 heavy (non-hydrogen) atoms. The molecule has 0 bridgehead atoms. The van der Waals surface area contributed by atoms with E-state index in [9.17, 15) is 4.39 Å². The molecule has 0 saturated carbocycles. The highest BCUT2D eigenvalue weighted by molar-refractivity contribution is 5.45. The molecule has 3 nitrogen and oxygen atoms in total. The Kier molecular flexibility index (Phi) is 3.65. The van der Waals surface area contributed by atoms with E-state index in [1.54, 1.807) is 12.3 Å². The van der Waals surface area contributed by atoms with E-state index in [-0.39, 0.29) is 0 Å². The second-order valence-electron chi connectivity index (χ2n) is 3.67. The summed E-state index contributed by atoms with van der Waals surface area (Å²) in [6.07, 6.45) is 3.24. The van der Waals surface area contributed by atoms with Crippen molar-refractivity contribution >= 4 is 5.69 Å². The van der Waals surface area contributed by atoms with Crippen molar-refractivity contribution in [2.24, 2.45) is 0 Å². The molecule has 0 aliphatic carbocycles. The van der Waals surface area contributed by atoms with Gasteiger partial charge in [-0.05, 0) is 25.1 Å². The molecule has 0 atom stereocenters. The van der Waals surface area contributed by atoms with Gasteiger partial charge in [0.15, 0.2) is 0 Å². The largest absolute Gasteiger partial charge is 0.366 e. The van der Waals surface area contributed by atoms with Gasteiger partial charge in [0.05, 0.1) is 12.2 Å². The summed E-state index contributed by atoms with van der Waals surface area (Å²) in [4.78, 5) is 9.87. The number of hydrogen-bond acceptors (Lipinski definition) is 3. The first-order valence-corrected chi connectivity index (χ1v) is 5.56. The van der Waals surface area contributed by atoms with Gasteiger partial charge in [-0.25, -0.2) is 4.98 Å². The number of pyridine rings is 2. The van der Waals surface area contributed by atoms with Crippen molar-refractivity contribution in [1.82, 2.24) is 9.97 Å². The van der Waals surface area contributed by atoms with E-state index in [1.165, 1.54) is 12.3 Å². The third kappa shape index (κ3) is 3.00. The van der Waals surface area contributed by atoms with Crippen LogP contribution in [0.5, 0.6) is 0 Å². The SMILES string of the molecule is CCN(Cc1ccccn1)c1ccnc(F)c1. The second kappa shape index (κ2) is 5.39. The number of aromatic nitrogens is 2. The van der Waals surface area contributed by atoms with E-state index < -0.39 is 5.95 Å². The minimum atomic E-state index is -0.457. The highest BCUT2D eigenvalue weighted by Crippen LogP contribution is 2.15. The Balaban J connectivity index is 2.17. The molecule has 0 amide bonds. The Bertz CT molecular complexity index is 473. The number of halogens is 1. The number of rotatable bonds is 4. The molecular weight excluding hydrogens is 217 g/mol. The summed E-state index contributed by atoms with van der Waals surface area (Å²) in [7, 11) is 0. The molecule has 2 aromatic heterocycles. The summed E-state index contributed by atoms with van der Waals surface area (Å²) >= 11 is 0. The molecule has 0 spiro atoms. The maximum absolute atomic E-state index is 13.0. The van der Waals surface area contributed by atoms with E-state index in [1.807, 2.05) is 30.0 Å². The van der Waals surface area contributed by atoms with Crippen molar-refractivity contribution in [2.75, 3.05) is 11.4 Å². The van der Waals surface area contributed by atoms with E-state index in [4.69, 9.17) is 0 Å². The predicted octanol–water partition coefficient (Wildman–Crippen LogP) is 2.64. The van der Waals surface area contributed by atoms with E-state index in [0.29, 0.717) is 6.54 Å². The number of hydrogen-bond donors (Lipinski definition) is 0. The van der Waals surface area contributed by atoms with Crippen LogP contribution < -0.4 is 4.90 Å². The quantitative estimate of drug-likeness (QED) is 0.757. The fraction of sp³-hybridized carbons (Fsp3) is 0.231. The van der Waals surface area contributed by atoms with Crippen LogP contribution in [0.1, 0.15) is 12.6 Å². The minimum Gasteiger partial charge on any atom is -0.366 e. The molecule has 0 N–H and O–H groups in total. The fourth-order valence-electron chi connectivity index (χ4n) is 1.66. The van der Waals surface area contributed by atoms with Gasteiger partial charge in [0.2, 0.25) is 5.95 Å². The average molecular weight is 231 g/mol. The summed E-state index contributed by atoms with van der Waals surface area (Å²) in [6, 6.07) is 9.03. The molecule has 0 aliphatic heterocycles. The predicted molar refractivity (Wildman–Crippen MR) is 65.2 cm³/mol. The zero-order chi connectivity index (χ0) is 12.1. The lowest BCUT2D eigenvalue weighted by Gasteiger charge is -2.22. The molecule has 2 aromatic rings. The number of nitrogens with zero attached hydrogens (tertiary/aromatic N) is 3. The molecule has 2 heterocycles. The summed E-state index contributed by atoms with van der Waals surface area (Å²) in [5.74, 6) is -0.457. The van der Waals surface area contributed by atoms with Gasteiger partial charge in [0, 0.05) is 30.7 Å². The summed E-state index contributed by atoms with van der Waals surface area (Å²) in [6.45, 7) is 3.49. The first-order valence-electron chi connectivity index (χ1n) is 5.56. The van der Waals surface area contributed by atoms with Crippen molar-refractivity contribution in [3.63, 3.8) is 0 Å². The topological polar surface area (TPSA) is 29.0 Å². The first kappa shape index (κ1) is 11.5. The minimum absolute atomic E-state index is 0.457. The van der Waals surface area contributed by atoms with Gasteiger partial charge in [0.25, 0.3) is 0 Å². The molecule has 0 aromatic carbocycles. The van der Waals surface area contributed by atoms with Crippen LogP contribution in [-0.4, -0.2) is 16.5 Å². The highest BCUT2D eigenvalue weighted by atomic mass is 19.1. The molecule has 2 rings (SSSR count). The zero-order valence-electron chi connectivity index (χ0n) is 9.68. The van der Waals surface area contributed by atoms with Crippen molar-refractivity contribution < 1.29 is 4.39 Å². The van der Waals surface area contributed by atoms with Crippen LogP contribution in [0.25, 0.3) is 0 Å². The van der Waals surface area contributed by atoms with Gasteiger partial charge < -0.3 is 4.90 Å². The van der Waals surface area contributed by atoms with Crippen LogP contribution in [0.3, 0.4) is 0 Å². The molecule has 0 aliphatic rings. The van der Waals surface area contributed by atoms with Gasteiger partial charge in [0.1, 0.15) is 0 Å². The molecule has 4 heteroatoms. The lowest BCUT2D eigenvalue weighted by Crippen LogP contribution is -2.22. The van der Waals surface area contributed by atoms with Crippen LogP contribution in [-0.2, 0) is 6.54 Å². The van der Waals surface area contributed by atoms with Crippen molar-refractivity contribution in [1.29, 1.82) is 0 Å². The maximum atomic E-state index is 13.0. The van der Waals surface area contributed by atoms with Gasteiger partial charge in [-0.1, -0.05) is 6.07 Å². The third-order valence-electron chi connectivity index (χ3n) is 2.54. The van der Waals surface area contributed by atoms with Gasteiger partial charge >= 0.3 is 0 Å². The van der Waals surface area contributed by atoms with Crippen LogP contribution in [0.15, 0.2) is 42.7 Å². The molecule has 0 radical (unpaired) electrons. The Labute approximate surface area is 99.9 Å². The van der Waals surface area contributed by atoms with Gasteiger partial charge in [-0.15, -0.1) is 0 Å². The second-order valence-corrected chi connectivity index (χ2v) is 3.67. The fourth-order valence-corrected chi connectivity index (χ4v) is 1.66. The van der Waals surface area contributed by atoms with E-state index >= 15 is 0 Å². The maximum Gasteiger partial charge on any atom is 0.214 e. The summed E-state index contributed by atoms with van der Waals surface area (Å²) in [5, 5.41) is 0. The molecular formula is C13H14FN3. The molecule has 88 valence electrons. The molecule has 0 saturated heterocycles. The highest BCUT2D eigenvalue weighted by Gasteiger charge is 2.06. The summed E-state index contributed by atoms with van der Waals surface area (Å²) in [5.41, 5.74) is 1.79. The molecule has 0 unspecified atom stereocenters. The normalized spacial score (nSPS) is 10.2. The Morgan fingerprint density at radius 1 is 1.18 bits per heavy atom. The third-order valence-corrected chi connectivity index (χ3v) is 2.54. The van der Waals surface area contributed by atoms with Crippen LogP contribution in [0.4, 0.5) is 10.1 Å². The Morgan fingerprint density at radius 2 is 2.06 bits per heavy atom. The monoisotopic (exact) mass is 231 g/mol. The first-order chi connectivity index (χ1) is 8.29. The average Bonchev–Trinajstić information content (AvgIpc) is 2.37. The van der Waals surface area contributed by atoms with E-state index in [2.05, 4.69) is 9.97 Å². The van der Waals surface area contributed by atoms with Crippen molar-refractivity contribution in [3.05, 3.63) is 54.4 Å². The molecule has 0 fully saturated rings. The Morgan fingerprint density at radius 3 is 2.71 bits per heavy atom. The van der Waals surface area contributed by atoms with Crippen LogP contribution in [0, 0.1) is 5.95 Å². The van der Waals surface area contributed by atoms with Crippen molar-refractivity contribution in [3.8, 4) is 0 Å². The zero-order valence-corrected chi connectivity index (χ0v) is 9.68. The standard InChI is InChI=1S/C13H14FN3/c1-2-17(10-11-5-3-4-7-15-11)12-6-8-16-13(14)9-12/h3-9H,2,10H2,1H3. The summed E-state index contributed by atoms with van der Waals surface area (Å²) < 4.78 is 13.0. The van der Waals surface area contributed by atoms with Crippen molar-refractivity contribution in [2.45, 2.75) is 13.5 Å². The smallest absolute Gasteiger partial charge is 0.214 e. The lowest BCUT2D eigenvalue weighted by molar-refractivity contribution is 0.582. The number of anilines is 1. The van der Waals surface area contributed by atoms with Crippen LogP contribution in [0.2, 0.25) is 0 Å². The lowest BCUT2D eigenvalue weighted by atomic mass is 10.3. The Hall–Kier alpha value is -1.97.